The molecule has 0 atom stereocenters. The molecule has 3 heterocycles. The van der Waals surface area contributed by atoms with Crippen molar-refractivity contribution in [1.82, 2.24) is 29.4 Å². The summed E-state index contributed by atoms with van der Waals surface area (Å²) in [6.07, 6.45) is 3.52. The zero-order chi connectivity index (χ0) is 25.7. The lowest BCUT2D eigenvalue weighted by atomic mass is 9.68. The van der Waals surface area contributed by atoms with Gasteiger partial charge in [-0.1, -0.05) is 41.9 Å². The normalized spacial score (nSPS) is 20.7. The number of fused-ring (bicyclic) bond motifs is 2. The number of aryl methyl sites for hydroxylation is 1. The van der Waals surface area contributed by atoms with Crippen LogP contribution in [-0.4, -0.2) is 54.5 Å². The molecule has 2 aromatic heterocycles. The molecular weight excluding hydrogens is 561 g/mol. The van der Waals surface area contributed by atoms with Gasteiger partial charge in [0.1, 0.15) is 5.69 Å². The van der Waals surface area contributed by atoms with E-state index < -0.39 is 0 Å². The summed E-state index contributed by atoms with van der Waals surface area (Å²) in [5.41, 5.74) is 7.70. The molecule has 1 amide bonds. The van der Waals surface area contributed by atoms with Crippen molar-refractivity contribution in [3.63, 3.8) is 0 Å². The average molecular weight is 591 g/mol. The Balaban J connectivity index is 0.00000176. The zero-order valence-electron chi connectivity index (χ0n) is 21.4. The number of halogens is 3. The maximum atomic E-state index is 13.6. The number of carbonyl (C=O) groups excluding carboxylic acids is 1. The fourth-order valence-corrected chi connectivity index (χ4v) is 6.19. The van der Waals surface area contributed by atoms with E-state index in [0.717, 1.165) is 30.7 Å². The highest BCUT2D eigenvalue weighted by molar-refractivity contribution is 6.30. The molecule has 0 unspecified atom stereocenters. The minimum atomic E-state index is -0.177. The Labute approximate surface area is 243 Å². The first kappa shape index (κ1) is 29.0. The van der Waals surface area contributed by atoms with Gasteiger partial charge in [0.05, 0.1) is 5.39 Å². The van der Waals surface area contributed by atoms with E-state index in [1.165, 1.54) is 10.2 Å². The van der Waals surface area contributed by atoms with Crippen LogP contribution in [0.2, 0.25) is 5.02 Å². The standard InChI is InChI=1S/C27H28ClN7O2.2ClH/c1-33-25(36)21-8-3-2-7-20(21)22(32-33)23-30-31-24-26(37)34(13-14-35(23)24)19-9-11-27(16-29,12-10-19)17-5-4-6-18(28)15-17;;/h2-8,15,19H,9-14,16,29H2,1H3;2*1H/t19-,27-;;. The minimum absolute atomic E-state index is 0. The van der Waals surface area contributed by atoms with Crippen molar-refractivity contribution in [3.05, 3.63) is 75.3 Å². The van der Waals surface area contributed by atoms with E-state index in [1.54, 1.807) is 13.1 Å². The molecule has 4 aromatic rings. The summed E-state index contributed by atoms with van der Waals surface area (Å²) in [5, 5.41) is 15.1. The topological polar surface area (TPSA) is 112 Å². The van der Waals surface area contributed by atoms with Gasteiger partial charge in [-0.15, -0.1) is 35.0 Å². The molecule has 1 aliphatic carbocycles. The monoisotopic (exact) mass is 589 g/mol. The molecule has 1 aliphatic heterocycles. The molecule has 0 radical (unpaired) electrons. The second-order valence-corrected chi connectivity index (χ2v) is 10.5. The van der Waals surface area contributed by atoms with Crippen molar-refractivity contribution in [1.29, 1.82) is 0 Å². The zero-order valence-corrected chi connectivity index (χ0v) is 23.8. The maximum Gasteiger partial charge on any atom is 0.292 e. The van der Waals surface area contributed by atoms with Gasteiger partial charge in [0, 0.05) is 48.5 Å². The Kier molecular flexibility index (Phi) is 8.37. The Hall–Kier alpha value is -2.98. The summed E-state index contributed by atoms with van der Waals surface area (Å²) >= 11 is 6.27. The molecule has 0 bridgehead atoms. The first-order valence-corrected chi connectivity index (χ1v) is 13.0. The van der Waals surface area contributed by atoms with Gasteiger partial charge in [0.15, 0.2) is 5.82 Å². The second kappa shape index (κ2) is 11.3. The van der Waals surface area contributed by atoms with Crippen LogP contribution in [0, 0.1) is 0 Å². The van der Waals surface area contributed by atoms with Crippen molar-refractivity contribution >= 4 is 53.1 Å². The smallest absolute Gasteiger partial charge is 0.292 e. The van der Waals surface area contributed by atoms with Crippen LogP contribution in [0.1, 0.15) is 41.9 Å². The van der Waals surface area contributed by atoms with Crippen molar-refractivity contribution in [2.24, 2.45) is 12.8 Å². The first-order chi connectivity index (χ1) is 17.9. The van der Waals surface area contributed by atoms with Gasteiger partial charge in [-0.3, -0.25) is 14.2 Å². The highest BCUT2D eigenvalue weighted by Gasteiger charge is 2.41. The summed E-state index contributed by atoms with van der Waals surface area (Å²) < 4.78 is 3.14. The van der Waals surface area contributed by atoms with Crippen molar-refractivity contribution in [2.75, 3.05) is 13.1 Å². The Morgan fingerprint density at radius 1 is 0.974 bits per heavy atom. The largest absolute Gasteiger partial charge is 0.331 e. The quantitative estimate of drug-likeness (QED) is 0.385. The van der Waals surface area contributed by atoms with E-state index in [4.69, 9.17) is 17.3 Å². The van der Waals surface area contributed by atoms with Crippen LogP contribution in [-0.2, 0) is 19.0 Å². The second-order valence-electron chi connectivity index (χ2n) is 10.0. The third-order valence-corrected chi connectivity index (χ3v) is 8.35. The molecule has 12 heteroatoms. The molecule has 6 rings (SSSR count). The molecule has 2 aliphatic rings. The number of carbonyl (C=O) groups is 1. The molecule has 9 nitrogen and oxygen atoms in total. The van der Waals surface area contributed by atoms with Crippen molar-refractivity contribution in [2.45, 2.75) is 43.7 Å². The number of hydrogen-bond donors (Lipinski definition) is 1. The fraction of sp³-hybridized carbons (Fsp3) is 0.370. The number of benzene rings is 2. The van der Waals surface area contributed by atoms with Crippen LogP contribution in [0.25, 0.3) is 22.3 Å². The van der Waals surface area contributed by atoms with Crippen LogP contribution < -0.4 is 11.3 Å². The predicted molar refractivity (Wildman–Crippen MR) is 156 cm³/mol. The number of hydrogen-bond acceptors (Lipinski definition) is 6. The Morgan fingerprint density at radius 2 is 1.67 bits per heavy atom. The van der Waals surface area contributed by atoms with Crippen molar-refractivity contribution < 1.29 is 4.79 Å². The SMILES string of the molecule is Cl.Cl.Cn1nc(-c2nnc3n2CCN([C@H]2CC[C@](CN)(c4cccc(Cl)c4)CC2)C3=O)c2ccccc2c1=O. The number of amides is 1. The molecule has 206 valence electrons. The molecule has 2 N–H and O–H groups in total. The summed E-state index contributed by atoms with van der Waals surface area (Å²) in [7, 11) is 1.62. The lowest BCUT2D eigenvalue weighted by Gasteiger charge is -2.44. The van der Waals surface area contributed by atoms with E-state index >= 15 is 0 Å². The van der Waals surface area contributed by atoms with E-state index in [9.17, 15) is 9.59 Å². The summed E-state index contributed by atoms with van der Waals surface area (Å²) in [5.74, 6) is 0.695. The van der Waals surface area contributed by atoms with Crippen LogP contribution in [0.3, 0.4) is 0 Å². The van der Waals surface area contributed by atoms with Crippen LogP contribution in [0.5, 0.6) is 0 Å². The Bertz CT molecular complexity index is 1580. The first-order valence-electron chi connectivity index (χ1n) is 12.6. The number of nitrogens with two attached hydrogens (primary N) is 1. The average Bonchev–Trinajstić information content (AvgIpc) is 3.36. The third-order valence-electron chi connectivity index (χ3n) is 8.12. The van der Waals surface area contributed by atoms with Crippen molar-refractivity contribution in [3.8, 4) is 11.5 Å². The molecular formula is C27H30Cl3N7O2. The highest BCUT2D eigenvalue weighted by atomic mass is 35.5. The molecule has 39 heavy (non-hydrogen) atoms. The highest BCUT2D eigenvalue weighted by Crippen LogP contribution is 2.41. The lowest BCUT2D eigenvalue weighted by Crippen LogP contribution is -2.50. The van der Waals surface area contributed by atoms with E-state index in [2.05, 4.69) is 21.4 Å². The van der Waals surface area contributed by atoms with Crippen LogP contribution >= 0.6 is 36.4 Å². The molecule has 1 saturated carbocycles. The van der Waals surface area contributed by atoms with E-state index in [0.29, 0.717) is 47.7 Å². The van der Waals surface area contributed by atoms with Crippen LogP contribution in [0.4, 0.5) is 0 Å². The summed E-state index contributed by atoms with van der Waals surface area (Å²) in [6, 6.07) is 15.4. The van der Waals surface area contributed by atoms with Gasteiger partial charge in [0.2, 0.25) is 5.82 Å². The van der Waals surface area contributed by atoms with E-state index in [-0.39, 0.29) is 47.7 Å². The predicted octanol–water partition coefficient (Wildman–Crippen LogP) is 3.98. The molecule has 2 aromatic carbocycles. The van der Waals surface area contributed by atoms with Gasteiger partial charge >= 0.3 is 0 Å². The number of aromatic nitrogens is 5. The molecule has 1 fully saturated rings. The van der Waals surface area contributed by atoms with Gasteiger partial charge in [-0.2, -0.15) is 5.10 Å². The molecule has 0 spiro atoms. The van der Waals surface area contributed by atoms with Gasteiger partial charge in [-0.05, 0) is 49.4 Å². The maximum absolute atomic E-state index is 13.6. The summed E-state index contributed by atoms with van der Waals surface area (Å²) in [6.45, 7) is 1.68. The number of rotatable bonds is 4. The Morgan fingerprint density at radius 3 is 2.36 bits per heavy atom. The van der Waals surface area contributed by atoms with E-state index in [1.807, 2.05) is 45.9 Å². The summed E-state index contributed by atoms with van der Waals surface area (Å²) in [4.78, 5) is 28.1. The lowest BCUT2D eigenvalue weighted by molar-refractivity contribution is 0.0523. The third kappa shape index (κ3) is 4.82. The van der Waals surface area contributed by atoms with Gasteiger partial charge < -0.3 is 10.6 Å². The van der Waals surface area contributed by atoms with Gasteiger partial charge in [0.25, 0.3) is 11.5 Å². The fourth-order valence-electron chi connectivity index (χ4n) is 6.00. The minimum Gasteiger partial charge on any atom is -0.331 e. The van der Waals surface area contributed by atoms with Crippen LogP contribution in [0.15, 0.2) is 53.3 Å². The van der Waals surface area contributed by atoms with Gasteiger partial charge in [-0.25, -0.2) is 4.68 Å². The number of nitrogens with zero attached hydrogens (tertiary/aromatic N) is 6. The molecule has 0 saturated heterocycles.